The molecule has 0 unspecified atom stereocenters. The van der Waals surface area contributed by atoms with E-state index in [-0.39, 0.29) is 0 Å². The molecule has 4 heteroatoms. The van der Waals surface area contributed by atoms with E-state index >= 15 is 0 Å². The maximum atomic E-state index is 4.53. The second-order valence-electron chi connectivity index (χ2n) is 2.83. The fraction of sp³-hybridized carbons (Fsp3) is 0.100. The quantitative estimate of drug-likeness (QED) is 0.307. The summed E-state index contributed by atoms with van der Waals surface area (Å²) in [6, 6.07) is 4.25. The van der Waals surface area contributed by atoms with Crippen LogP contribution in [0.5, 0.6) is 0 Å². The third-order valence-corrected chi connectivity index (χ3v) is 4.71. The summed E-state index contributed by atoms with van der Waals surface area (Å²) < 4.78 is 5.59. The number of hydrogen-bond acceptors (Lipinski definition) is 2. The molecule has 0 N–H and O–H groups in total. The predicted octanol–water partition coefficient (Wildman–Crippen LogP) is 2.69. The summed E-state index contributed by atoms with van der Waals surface area (Å²) >= 11 is 4.78. The predicted molar refractivity (Wildman–Crippen MR) is 69.7 cm³/mol. The summed E-state index contributed by atoms with van der Waals surface area (Å²) in [4.78, 5) is 4.53. The molecule has 1 aromatic carbocycles. The molecule has 1 nitrogen and oxygen atoms in total. The number of nitrogens with zero attached hydrogens (tertiary/aromatic N) is 1. The van der Waals surface area contributed by atoms with E-state index in [1.54, 1.807) is 11.3 Å². The van der Waals surface area contributed by atoms with Gasteiger partial charge in [-0.05, 0) is 0 Å². The number of benzene rings is 1. The first-order valence-corrected chi connectivity index (χ1v) is 8.13. The molecular weight excluding hydrogens is 497 g/mol. The van der Waals surface area contributed by atoms with Gasteiger partial charge in [0.25, 0.3) is 0 Å². The van der Waals surface area contributed by atoms with Gasteiger partial charge in [0.1, 0.15) is 0 Å². The summed E-state index contributed by atoms with van der Waals surface area (Å²) in [7, 11) is 0. The van der Waals surface area contributed by atoms with E-state index in [9.17, 15) is 0 Å². The third kappa shape index (κ3) is 1.97. The van der Waals surface area contributed by atoms with Crippen molar-refractivity contribution in [1.82, 2.24) is 4.98 Å². The van der Waals surface area contributed by atoms with Gasteiger partial charge in [0.15, 0.2) is 0 Å². The summed E-state index contributed by atoms with van der Waals surface area (Å²) in [6.45, 7) is 2.10. The molecule has 1 aromatic heterocycles. The van der Waals surface area contributed by atoms with Crippen LogP contribution in [0.1, 0.15) is 10.6 Å². The second-order valence-corrected chi connectivity index (χ2v) is 6.11. The van der Waals surface area contributed by atoms with Crippen molar-refractivity contribution in [2.45, 2.75) is 6.92 Å². The average molecular weight is 503 g/mol. The Hall–Kier alpha value is 0.322. The number of hydrogen-bond donors (Lipinski definition) is 0. The number of halogens is 1. The standard InChI is InChI=1S/C10H5INS.Tl/c1-3-8-12-9-6(2)4-5-7(11)10(9)13-8;/h4-5H,2H3;. The van der Waals surface area contributed by atoms with E-state index in [1.165, 1.54) is 13.8 Å². The number of aromatic nitrogens is 1. The Kier molecular flexibility index (Phi) is 3.44. The normalized spacial score (nSPS) is 9.79. The molecule has 0 fully saturated rings. The van der Waals surface area contributed by atoms with E-state index in [2.05, 4.69) is 56.0 Å². The van der Waals surface area contributed by atoms with Gasteiger partial charge in [0.2, 0.25) is 0 Å². The summed E-state index contributed by atoms with van der Waals surface area (Å²) in [6.07, 6.45) is 0. The van der Waals surface area contributed by atoms with Crippen LogP contribution in [0.25, 0.3) is 10.2 Å². The van der Waals surface area contributed by atoms with Gasteiger partial charge >= 0.3 is 117 Å². The summed E-state index contributed by atoms with van der Waals surface area (Å²) in [5.41, 5.74) is 2.35. The fourth-order valence-corrected chi connectivity index (χ4v) is 3.83. The maximum absolute atomic E-state index is 4.53. The molecular formula is C10H5INSTl. The SMILES string of the molecule is Cc1ccc(I)c2sc(C#[C][Tl])nc12. The minimum absolute atomic E-state index is 0.729. The molecule has 0 aliphatic heterocycles. The number of rotatable bonds is 0. The van der Waals surface area contributed by atoms with Crippen molar-refractivity contribution >= 4 is 69.9 Å². The van der Waals surface area contributed by atoms with E-state index in [1.807, 2.05) is 0 Å². The van der Waals surface area contributed by atoms with E-state index in [0.717, 1.165) is 36.3 Å². The van der Waals surface area contributed by atoms with E-state index in [0.29, 0.717) is 0 Å². The first-order chi connectivity index (χ1) is 6.72. The van der Waals surface area contributed by atoms with Gasteiger partial charge in [0, 0.05) is 0 Å². The van der Waals surface area contributed by atoms with Gasteiger partial charge in [-0.15, -0.1) is 0 Å². The van der Waals surface area contributed by atoms with Crippen LogP contribution >= 0.6 is 33.9 Å². The minimum atomic E-state index is 0.729. The molecule has 0 spiro atoms. The first-order valence-electron chi connectivity index (χ1n) is 3.99. The van der Waals surface area contributed by atoms with Crippen LogP contribution in [0.2, 0.25) is 0 Å². The van der Waals surface area contributed by atoms with Gasteiger partial charge in [-0.25, -0.2) is 0 Å². The molecule has 0 bridgehead atoms. The van der Waals surface area contributed by atoms with Crippen LogP contribution in [0, 0.1) is 19.9 Å². The van der Waals surface area contributed by atoms with Crippen molar-refractivity contribution in [2.75, 3.05) is 0 Å². The van der Waals surface area contributed by atoms with Crippen molar-refractivity contribution < 1.29 is 0 Å². The number of fused-ring (bicyclic) bond motifs is 1. The van der Waals surface area contributed by atoms with Crippen LogP contribution in [-0.4, -0.2) is 30.8 Å². The second kappa shape index (κ2) is 4.45. The van der Waals surface area contributed by atoms with E-state index in [4.69, 9.17) is 0 Å². The Morgan fingerprint density at radius 3 is 2.93 bits per heavy atom. The molecule has 0 amide bonds. The Bertz CT molecular complexity index is 511. The van der Waals surface area contributed by atoms with Crippen molar-refractivity contribution in [1.29, 1.82) is 0 Å². The zero-order valence-electron chi connectivity index (χ0n) is 7.47. The Morgan fingerprint density at radius 2 is 2.29 bits per heavy atom. The van der Waals surface area contributed by atoms with Gasteiger partial charge in [0.05, 0.1) is 0 Å². The van der Waals surface area contributed by atoms with Crippen LogP contribution in [0.4, 0.5) is 0 Å². The van der Waals surface area contributed by atoms with Gasteiger partial charge < -0.3 is 0 Å². The molecule has 0 saturated heterocycles. The molecule has 0 aliphatic rings. The van der Waals surface area contributed by atoms with Crippen LogP contribution in [0.15, 0.2) is 12.1 Å². The molecule has 0 aliphatic carbocycles. The molecule has 1 heterocycles. The molecule has 66 valence electrons. The van der Waals surface area contributed by atoms with Crippen molar-refractivity contribution in [2.24, 2.45) is 0 Å². The molecule has 0 atom stereocenters. The van der Waals surface area contributed by atoms with Crippen molar-refractivity contribution in [3.63, 3.8) is 0 Å². The monoisotopic (exact) mass is 503 g/mol. The molecule has 2 aromatic rings. The number of thiazole rings is 1. The van der Waals surface area contributed by atoms with Crippen LogP contribution < -0.4 is 0 Å². The van der Waals surface area contributed by atoms with Gasteiger partial charge in [-0.2, -0.15) is 0 Å². The van der Waals surface area contributed by atoms with Crippen LogP contribution in [-0.2, 0) is 0 Å². The molecule has 0 radical (unpaired) electrons. The van der Waals surface area contributed by atoms with E-state index < -0.39 is 0 Å². The summed E-state index contributed by atoms with van der Waals surface area (Å²) in [5, 5.41) is 0.953. The number of aryl methyl sites for hydroxylation is 1. The van der Waals surface area contributed by atoms with Gasteiger partial charge in [-0.3, -0.25) is 0 Å². The Labute approximate surface area is 116 Å². The zero-order chi connectivity index (χ0) is 10.1. The topological polar surface area (TPSA) is 12.9 Å². The van der Waals surface area contributed by atoms with Crippen molar-refractivity contribution in [3.05, 3.63) is 26.3 Å². The van der Waals surface area contributed by atoms with Gasteiger partial charge in [-0.1, -0.05) is 0 Å². The molecule has 14 heavy (non-hydrogen) atoms. The Balaban J connectivity index is 2.79. The average Bonchev–Trinajstić information content (AvgIpc) is 2.57. The fourth-order valence-electron chi connectivity index (χ4n) is 1.22. The summed E-state index contributed by atoms with van der Waals surface area (Å²) in [5.74, 6) is 3.08. The zero-order valence-corrected chi connectivity index (χ0v) is 14.9. The molecule has 2 rings (SSSR count). The van der Waals surface area contributed by atoms with Crippen LogP contribution in [0.3, 0.4) is 0 Å². The van der Waals surface area contributed by atoms with Crippen molar-refractivity contribution in [3.8, 4) is 9.40 Å². The third-order valence-electron chi connectivity index (χ3n) is 1.88. The first kappa shape index (κ1) is 10.8. The molecule has 0 saturated carbocycles. The Morgan fingerprint density at radius 1 is 1.50 bits per heavy atom.